The first kappa shape index (κ1) is 16.3. The van der Waals surface area contributed by atoms with Crippen molar-refractivity contribution in [2.75, 3.05) is 6.54 Å². The lowest BCUT2D eigenvalue weighted by Gasteiger charge is -2.29. The van der Waals surface area contributed by atoms with Crippen molar-refractivity contribution < 1.29 is 9.18 Å². The van der Waals surface area contributed by atoms with Crippen LogP contribution in [0.5, 0.6) is 0 Å². The summed E-state index contributed by atoms with van der Waals surface area (Å²) < 4.78 is 14.3. The molecule has 1 aliphatic rings. The fourth-order valence-electron chi connectivity index (χ4n) is 3.32. The molecule has 0 spiro atoms. The Kier molecular flexibility index (Phi) is 3.91. The van der Waals surface area contributed by atoms with E-state index >= 15 is 0 Å². The molecule has 0 unspecified atom stereocenters. The van der Waals surface area contributed by atoms with Gasteiger partial charge in [0.1, 0.15) is 12.4 Å². The molecular formula is C19H16FN3O3. The zero-order valence-electron chi connectivity index (χ0n) is 13.9. The molecule has 0 fully saturated rings. The van der Waals surface area contributed by atoms with Gasteiger partial charge in [-0.05, 0) is 41.8 Å². The number of benzene rings is 2. The van der Waals surface area contributed by atoms with Gasteiger partial charge in [0.05, 0.1) is 10.9 Å². The minimum atomic E-state index is -0.620. The Balaban J connectivity index is 1.62. The van der Waals surface area contributed by atoms with Gasteiger partial charge in [-0.1, -0.05) is 18.2 Å². The number of rotatable bonds is 2. The van der Waals surface area contributed by atoms with Crippen molar-refractivity contribution in [3.63, 3.8) is 0 Å². The van der Waals surface area contributed by atoms with Crippen molar-refractivity contribution in [3.8, 4) is 0 Å². The molecular weight excluding hydrogens is 337 g/mol. The Morgan fingerprint density at radius 1 is 1.12 bits per heavy atom. The predicted molar refractivity (Wildman–Crippen MR) is 94.3 cm³/mol. The lowest BCUT2D eigenvalue weighted by Crippen LogP contribution is -2.43. The number of H-pyrrole nitrogens is 1. The van der Waals surface area contributed by atoms with Crippen molar-refractivity contribution >= 4 is 16.8 Å². The van der Waals surface area contributed by atoms with Gasteiger partial charge >= 0.3 is 5.69 Å². The van der Waals surface area contributed by atoms with Crippen molar-refractivity contribution in [2.45, 2.75) is 19.5 Å². The van der Waals surface area contributed by atoms with E-state index in [1.54, 1.807) is 35.2 Å². The molecule has 1 N–H and O–H groups in total. The number of amides is 1. The summed E-state index contributed by atoms with van der Waals surface area (Å²) >= 11 is 0. The van der Waals surface area contributed by atoms with E-state index in [1.807, 2.05) is 0 Å². The number of fused-ring (bicyclic) bond motifs is 2. The van der Waals surface area contributed by atoms with E-state index in [4.69, 9.17) is 0 Å². The van der Waals surface area contributed by atoms with E-state index < -0.39 is 11.2 Å². The van der Waals surface area contributed by atoms with Crippen LogP contribution in [0.4, 0.5) is 4.39 Å². The highest BCUT2D eigenvalue weighted by molar-refractivity contribution is 5.79. The van der Waals surface area contributed by atoms with Crippen LogP contribution in [0.15, 0.2) is 52.1 Å². The van der Waals surface area contributed by atoms with Crippen LogP contribution in [0.1, 0.15) is 11.1 Å². The van der Waals surface area contributed by atoms with E-state index in [2.05, 4.69) is 4.98 Å². The Morgan fingerprint density at radius 2 is 1.92 bits per heavy atom. The molecule has 0 atom stereocenters. The molecule has 2 aromatic carbocycles. The number of carbonyl (C=O) groups is 1. The highest BCUT2D eigenvalue weighted by atomic mass is 19.1. The lowest BCUT2D eigenvalue weighted by molar-refractivity contribution is -0.132. The predicted octanol–water partition coefficient (Wildman–Crippen LogP) is 1.41. The van der Waals surface area contributed by atoms with Crippen molar-refractivity contribution in [3.05, 3.63) is 80.2 Å². The summed E-state index contributed by atoms with van der Waals surface area (Å²) in [6.07, 6.45) is 0.615. The maximum Gasteiger partial charge on any atom is 0.329 e. The summed E-state index contributed by atoms with van der Waals surface area (Å²) in [5.74, 6) is -0.692. The van der Waals surface area contributed by atoms with E-state index in [-0.39, 0.29) is 24.8 Å². The first-order valence-corrected chi connectivity index (χ1v) is 8.30. The third-order valence-corrected chi connectivity index (χ3v) is 4.72. The number of para-hydroxylation sites is 1. The molecule has 132 valence electrons. The largest absolute Gasteiger partial charge is 0.336 e. The number of nitrogens with zero attached hydrogens (tertiary/aromatic N) is 2. The second-order valence-corrected chi connectivity index (χ2v) is 6.35. The number of aromatic amines is 1. The molecule has 0 saturated carbocycles. The highest BCUT2D eigenvalue weighted by Gasteiger charge is 2.22. The topological polar surface area (TPSA) is 75.2 Å². The molecule has 0 radical (unpaired) electrons. The van der Waals surface area contributed by atoms with Gasteiger partial charge in [-0.2, -0.15) is 0 Å². The Bertz CT molecular complexity index is 1130. The molecule has 0 aliphatic carbocycles. The minimum absolute atomic E-state index is 0.270. The molecule has 3 aromatic rings. The average molecular weight is 353 g/mol. The number of nitrogens with one attached hydrogen (secondary N) is 1. The van der Waals surface area contributed by atoms with Crippen LogP contribution in [-0.2, 0) is 24.3 Å². The Morgan fingerprint density at radius 3 is 2.77 bits per heavy atom. The molecule has 1 aliphatic heterocycles. The molecule has 26 heavy (non-hydrogen) atoms. The number of halogens is 1. The summed E-state index contributed by atoms with van der Waals surface area (Å²) in [7, 11) is 0. The number of aromatic nitrogens is 2. The third-order valence-electron chi connectivity index (χ3n) is 4.72. The van der Waals surface area contributed by atoms with Crippen molar-refractivity contribution in [1.29, 1.82) is 0 Å². The van der Waals surface area contributed by atoms with Crippen LogP contribution >= 0.6 is 0 Å². The van der Waals surface area contributed by atoms with Gasteiger partial charge < -0.3 is 9.88 Å². The average Bonchev–Trinajstić information content (AvgIpc) is 2.64. The number of hydrogen-bond acceptors (Lipinski definition) is 3. The monoisotopic (exact) mass is 353 g/mol. The fourth-order valence-corrected chi connectivity index (χ4v) is 3.32. The molecule has 0 saturated heterocycles. The van der Waals surface area contributed by atoms with E-state index in [0.29, 0.717) is 23.9 Å². The van der Waals surface area contributed by atoms with Gasteiger partial charge in [-0.3, -0.25) is 14.2 Å². The van der Waals surface area contributed by atoms with Crippen LogP contribution in [0.25, 0.3) is 10.9 Å². The SMILES string of the molecule is O=C(Cn1c(=O)[nH]c2ccccc2c1=O)N1CCc2ccc(F)cc2C1. The van der Waals surface area contributed by atoms with Gasteiger partial charge in [0.2, 0.25) is 5.91 Å². The first-order valence-electron chi connectivity index (χ1n) is 8.30. The van der Waals surface area contributed by atoms with Crippen molar-refractivity contribution in [1.82, 2.24) is 14.5 Å². The molecule has 4 rings (SSSR count). The zero-order chi connectivity index (χ0) is 18.3. The molecule has 2 heterocycles. The summed E-state index contributed by atoms with van der Waals surface area (Å²) in [5, 5.41) is 0.353. The molecule has 0 bridgehead atoms. The van der Waals surface area contributed by atoms with Crippen LogP contribution in [-0.4, -0.2) is 26.9 Å². The first-order chi connectivity index (χ1) is 12.5. The maximum absolute atomic E-state index is 13.4. The minimum Gasteiger partial charge on any atom is -0.336 e. The summed E-state index contributed by atoms with van der Waals surface area (Å²) in [6.45, 7) is 0.396. The Hall–Kier alpha value is -3.22. The van der Waals surface area contributed by atoms with E-state index in [9.17, 15) is 18.8 Å². The summed E-state index contributed by atoms with van der Waals surface area (Å²) in [5.41, 5.74) is 1.08. The summed E-state index contributed by atoms with van der Waals surface area (Å²) in [6, 6.07) is 11.2. The fraction of sp³-hybridized carbons (Fsp3) is 0.211. The van der Waals surface area contributed by atoms with Crippen molar-refractivity contribution in [2.24, 2.45) is 0 Å². The zero-order valence-corrected chi connectivity index (χ0v) is 13.9. The highest BCUT2D eigenvalue weighted by Crippen LogP contribution is 2.20. The maximum atomic E-state index is 13.4. The second kappa shape index (κ2) is 6.25. The van der Waals surface area contributed by atoms with Crippen LogP contribution in [0.3, 0.4) is 0 Å². The van der Waals surface area contributed by atoms with Crippen LogP contribution < -0.4 is 11.2 Å². The molecule has 7 heteroatoms. The third kappa shape index (κ3) is 2.81. The normalized spacial score (nSPS) is 13.7. The quantitative estimate of drug-likeness (QED) is 0.757. The van der Waals surface area contributed by atoms with Gasteiger partial charge in [0.25, 0.3) is 5.56 Å². The Labute approximate surface area is 147 Å². The number of carbonyl (C=O) groups excluding carboxylic acids is 1. The standard InChI is InChI=1S/C19H16FN3O3/c20-14-6-5-12-7-8-22(10-13(12)9-14)17(24)11-23-18(25)15-3-1-2-4-16(15)21-19(23)26/h1-6,9H,7-8,10-11H2,(H,21,26). The molecule has 1 aromatic heterocycles. The summed E-state index contributed by atoms with van der Waals surface area (Å²) in [4.78, 5) is 41.5. The smallest absolute Gasteiger partial charge is 0.329 e. The van der Waals surface area contributed by atoms with Gasteiger partial charge in [-0.15, -0.1) is 0 Å². The van der Waals surface area contributed by atoms with Crippen LogP contribution in [0.2, 0.25) is 0 Å². The van der Waals surface area contributed by atoms with Crippen LogP contribution in [0, 0.1) is 5.82 Å². The molecule has 1 amide bonds. The van der Waals surface area contributed by atoms with E-state index in [1.165, 1.54) is 12.1 Å². The second-order valence-electron chi connectivity index (χ2n) is 6.35. The van der Waals surface area contributed by atoms with E-state index in [0.717, 1.165) is 15.7 Å². The van der Waals surface area contributed by atoms with Gasteiger partial charge in [0, 0.05) is 13.1 Å². The number of hydrogen-bond donors (Lipinski definition) is 1. The molecule has 6 nitrogen and oxygen atoms in total. The van der Waals surface area contributed by atoms with Gasteiger partial charge in [0.15, 0.2) is 0 Å². The van der Waals surface area contributed by atoms with Gasteiger partial charge in [-0.25, -0.2) is 9.18 Å². The lowest BCUT2D eigenvalue weighted by atomic mass is 9.99.